The number of ether oxygens (including phenoxy) is 2. The van der Waals surface area contributed by atoms with Crippen LogP contribution in [0.1, 0.15) is 46.0 Å². The highest BCUT2D eigenvalue weighted by molar-refractivity contribution is 6.27. The Morgan fingerprint density at radius 2 is 1.84 bits per heavy atom. The molecule has 0 spiro atoms. The molecule has 2 bridgehead atoms. The highest BCUT2D eigenvalue weighted by atomic mass is 16.6. The Bertz CT molecular complexity index is 1100. The Labute approximate surface area is 224 Å². The van der Waals surface area contributed by atoms with Crippen molar-refractivity contribution in [2.45, 2.75) is 70.3 Å². The number of ketones is 1. The highest BCUT2D eigenvalue weighted by Crippen LogP contribution is 2.66. The number of carbonyl (C=O) groups excluding carboxylic acids is 3. The third kappa shape index (κ3) is 4.24. The zero-order valence-corrected chi connectivity index (χ0v) is 22.5. The molecule has 3 aliphatic heterocycles. The van der Waals surface area contributed by atoms with Crippen LogP contribution in [0, 0.1) is 47.3 Å². The summed E-state index contributed by atoms with van der Waals surface area (Å²) in [5, 5.41) is 16.4. The molecule has 6 aliphatic rings. The molecular formula is C30H40N2O6. The summed E-state index contributed by atoms with van der Waals surface area (Å²) in [6, 6.07) is -0.664. The average molecular weight is 525 g/mol. The number of methoxy groups -OCH3 is 1. The molecular weight excluding hydrogens is 484 g/mol. The molecule has 5 fully saturated rings. The van der Waals surface area contributed by atoms with Gasteiger partial charge in [-0.1, -0.05) is 19.1 Å². The Morgan fingerprint density at radius 3 is 2.63 bits per heavy atom. The van der Waals surface area contributed by atoms with E-state index in [2.05, 4.69) is 24.5 Å². The molecule has 0 aromatic heterocycles. The number of epoxide rings is 1. The van der Waals surface area contributed by atoms with Crippen LogP contribution in [-0.2, 0) is 23.9 Å². The van der Waals surface area contributed by atoms with Gasteiger partial charge in [-0.25, -0.2) is 0 Å². The number of hydrogen-bond acceptors (Lipinski definition) is 6. The standard InChI is InChI=1S/C30H40N2O6/c1-14-12-18-19-13-16-9-10-21(33)26-27(35)20(32-30(26)36)7-5-11-31-22(34)8-4-6-17(16)24(19)28-29(38-28)25(18)23(14)15(2)37-3/h4,8-10,14-20,23-25,28-29,33H,5-7,11-13H2,1-3H3,(H,31,34)(H,32,36)/b8-4-,10-9+,26-21?/t14-,15?,16-,17+,18-,19-,20+,23+,24-,25-,28+,29-/m1/s1. The van der Waals surface area contributed by atoms with Crippen molar-refractivity contribution in [3.05, 3.63) is 35.6 Å². The smallest absolute Gasteiger partial charge is 0.259 e. The lowest BCUT2D eigenvalue weighted by Gasteiger charge is -2.38. The topological polar surface area (TPSA) is 117 Å². The molecule has 0 aromatic rings. The third-order valence-corrected chi connectivity index (χ3v) is 10.6. The Morgan fingerprint density at radius 1 is 1.08 bits per heavy atom. The molecule has 12 atom stereocenters. The van der Waals surface area contributed by atoms with Gasteiger partial charge >= 0.3 is 0 Å². The zero-order valence-electron chi connectivity index (χ0n) is 22.5. The number of hydrogen-bond donors (Lipinski definition) is 3. The number of rotatable bonds is 2. The van der Waals surface area contributed by atoms with Gasteiger partial charge in [-0.2, -0.15) is 0 Å². The largest absolute Gasteiger partial charge is 0.507 e. The number of fused-ring (bicyclic) bond motifs is 10. The van der Waals surface area contributed by atoms with E-state index in [1.165, 1.54) is 6.42 Å². The molecule has 0 radical (unpaired) electrons. The fourth-order valence-electron chi connectivity index (χ4n) is 9.00. The molecule has 3 heterocycles. The van der Waals surface area contributed by atoms with Gasteiger partial charge in [0.05, 0.1) is 24.4 Å². The third-order valence-electron chi connectivity index (χ3n) is 10.6. The molecule has 2 saturated heterocycles. The van der Waals surface area contributed by atoms with E-state index < -0.39 is 11.9 Å². The number of carbonyl (C=O) groups is 3. The molecule has 1 unspecified atom stereocenters. The van der Waals surface area contributed by atoms with Crippen LogP contribution in [-0.4, -0.2) is 60.7 Å². The summed E-state index contributed by atoms with van der Waals surface area (Å²) in [7, 11) is 1.80. The van der Waals surface area contributed by atoms with E-state index in [4.69, 9.17) is 9.47 Å². The fraction of sp³-hybridized carbons (Fsp3) is 0.700. The molecule has 0 aromatic carbocycles. The first-order valence-corrected chi connectivity index (χ1v) is 14.4. The molecule has 206 valence electrons. The molecule has 3 N–H and O–H groups in total. The van der Waals surface area contributed by atoms with Crippen LogP contribution < -0.4 is 10.6 Å². The molecule has 38 heavy (non-hydrogen) atoms. The van der Waals surface area contributed by atoms with E-state index in [-0.39, 0.29) is 53.2 Å². The Kier molecular flexibility index (Phi) is 6.75. The molecule has 8 nitrogen and oxygen atoms in total. The number of nitrogens with one attached hydrogen (secondary N) is 2. The van der Waals surface area contributed by atoms with E-state index in [1.54, 1.807) is 19.3 Å². The predicted octanol–water partition coefficient (Wildman–Crippen LogP) is 2.85. The van der Waals surface area contributed by atoms with Gasteiger partial charge in [-0.15, -0.1) is 0 Å². The highest BCUT2D eigenvalue weighted by Gasteiger charge is 2.68. The minimum atomic E-state index is -0.664. The molecule has 3 saturated carbocycles. The second kappa shape index (κ2) is 9.94. The summed E-state index contributed by atoms with van der Waals surface area (Å²) in [5.41, 5.74) is -0.152. The van der Waals surface area contributed by atoms with Crippen LogP contribution >= 0.6 is 0 Å². The predicted molar refractivity (Wildman–Crippen MR) is 140 cm³/mol. The lowest BCUT2D eigenvalue weighted by Crippen LogP contribution is -2.41. The maximum absolute atomic E-state index is 12.9. The quantitative estimate of drug-likeness (QED) is 0.378. The van der Waals surface area contributed by atoms with E-state index in [0.29, 0.717) is 54.9 Å². The van der Waals surface area contributed by atoms with Gasteiger partial charge in [-0.3, -0.25) is 14.4 Å². The molecule has 6 rings (SSSR count). The van der Waals surface area contributed by atoms with Crippen molar-refractivity contribution in [2.75, 3.05) is 13.7 Å². The van der Waals surface area contributed by atoms with Crippen molar-refractivity contribution < 1.29 is 29.0 Å². The first-order valence-electron chi connectivity index (χ1n) is 14.4. The van der Waals surface area contributed by atoms with Crippen molar-refractivity contribution in [3.63, 3.8) is 0 Å². The van der Waals surface area contributed by atoms with Crippen LogP contribution in [0.2, 0.25) is 0 Å². The first kappa shape index (κ1) is 25.8. The first-order chi connectivity index (χ1) is 18.3. The zero-order chi connectivity index (χ0) is 26.7. The van der Waals surface area contributed by atoms with Gasteiger partial charge in [-0.05, 0) is 98.5 Å². The summed E-state index contributed by atoms with van der Waals surface area (Å²) in [4.78, 5) is 37.8. The molecule has 8 heteroatoms. The summed E-state index contributed by atoms with van der Waals surface area (Å²) >= 11 is 0. The van der Waals surface area contributed by atoms with E-state index in [1.807, 2.05) is 12.2 Å². The fourth-order valence-corrected chi connectivity index (χ4v) is 9.00. The summed E-state index contributed by atoms with van der Waals surface area (Å²) < 4.78 is 12.2. The van der Waals surface area contributed by atoms with Crippen molar-refractivity contribution in [2.24, 2.45) is 47.3 Å². The SMILES string of the molecule is COC(C)[C@H]1[C@H]2[C@H](C[C@H]1C)[C@H]1C[C@H]3/C=C/C(O)=C4C(=O)N[C@@H](CCCNC(=O)/C=C\C[C@@H]3[C@H]1[C@@H]1O[C@@H]12)C4=O. The number of Topliss-reactive ketones (excluding diaryl/α,β-unsaturated/α-hetero) is 1. The van der Waals surface area contributed by atoms with Gasteiger partial charge in [0, 0.05) is 13.7 Å². The van der Waals surface area contributed by atoms with E-state index in [0.717, 1.165) is 12.8 Å². The van der Waals surface area contributed by atoms with Crippen LogP contribution in [0.4, 0.5) is 0 Å². The second-order valence-corrected chi connectivity index (χ2v) is 12.4. The Hall–Kier alpha value is -2.45. The van der Waals surface area contributed by atoms with Gasteiger partial charge in [0.25, 0.3) is 5.91 Å². The van der Waals surface area contributed by atoms with Crippen LogP contribution in [0.15, 0.2) is 35.6 Å². The maximum atomic E-state index is 12.9. The van der Waals surface area contributed by atoms with Gasteiger partial charge in [0.15, 0.2) is 5.78 Å². The molecule has 3 aliphatic carbocycles. The monoisotopic (exact) mass is 524 g/mol. The normalized spacial score (nSPS) is 46.8. The summed E-state index contributed by atoms with van der Waals surface area (Å²) in [6.45, 7) is 4.96. The van der Waals surface area contributed by atoms with Crippen molar-refractivity contribution in [1.29, 1.82) is 0 Å². The lowest BCUT2D eigenvalue weighted by molar-refractivity contribution is -0.118. The van der Waals surface area contributed by atoms with Crippen molar-refractivity contribution >= 4 is 17.6 Å². The number of aliphatic hydroxyl groups is 1. The van der Waals surface area contributed by atoms with Crippen molar-refractivity contribution in [1.82, 2.24) is 10.6 Å². The van der Waals surface area contributed by atoms with Crippen molar-refractivity contribution in [3.8, 4) is 0 Å². The summed E-state index contributed by atoms with van der Waals surface area (Å²) in [5.74, 6) is 2.16. The molecule has 2 amide bonds. The summed E-state index contributed by atoms with van der Waals surface area (Å²) in [6.07, 6.45) is 11.7. The minimum Gasteiger partial charge on any atom is -0.507 e. The lowest BCUT2D eigenvalue weighted by atomic mass is 9.65. The van der Waals surface area contributed by atoms with E-state index in [9.17, 15) is 19.5 Å². The van der Waals surface area contributed by atoms with Gasteiger partial charge in [0.2, 0.25) is 5.91 Å². The maximum Gasteiger partial charge on any atom is 0.259 e. The Balaban J connectivity index is 1.32. The minimum absolute atomic E-state index is 0.135. The second-order valence-electron chi connectivity index (χ2n) is 12.4. The van der Waals surface area contributed by atoms with Crippen LogP contribution in [0.5, 0.6) is 0 Å². The number of aliphatic hydroxyl groups excluding tert-OH is 1. The number of amides is 2. The van der Waals surface area contributed by atoms with Gasteiger partial charge < -0.3 is 25.2 Å². The van der Waals surface area contributed by atoms with E-state index >= 15 is 0 Å². The van der Waals surface area contributed by atoms with Crippen LogP contribution in [0.25, 0.3) is 0 Å². The van der Waals surface area contributed by atoms with Gasteiger partial charge in [0.1, 0.15) is 11.3 Å². The van der Waals surface area contributed by atoms with Crippen LogP contribution in [0.3, 0.4) is 0 Å². The number of allylic oxidation sites excluding steroid dienone is 3. The average Bonchev–Trinajstić information content (AvgIpc) is 3.35.